The molecule has 2 heterocycles. The van der Waals surface area contributed by atoms with Crippen LogP contribution in [0.15, 0.2) is 64.5 Å². The molecule has 0 aliphatic carbocycles. The van der Waals surface area contributed by atoms with Crippen molar-refractivity contribution in [3.63, 3.8) is 0 Å². The number of anilines is 2. The number of amides is 2. The lowest BCUT2D eigenvalue weighted by Crippen LogP contribution is -2.36. The van der Waals surface area contributed by atoms with Gasteiger partial charge in [-0.05, 0) is 23.8 Å². The molecule has 2 aromatic carbocycles. The summed E-state index contributed by atoms with van der Waals surface area (Å²) >= 11 is 7.45. The Hall–Kier alpha value is -3.10. The third kappa shape index (κ3) is 4.39. The zero-order valence-corrected chi connectivity index (χ0v) is 17.2. The number of thioether (sulfide) groups is 1. The average Bonchev–Trinajstić information content (AvgIpc) is 2.73. The van der Waals surface area contributed by atoms with Gasteiger partial charge in [-0.3, -0.25) is 14.4 Å². The number of fused-ring (bicyclic) bond motifs is 1. The van der Waals surface area contributed by atoms with Crippen molar-refractivity contribution in [2.75, 3.05) is 10.6 Å². The highest BCUT2D eigenvalue weighted by Crippen LogP contribution is 2.31. The van der Waals surface area contributed by atoms with Gasteiger partial charge in [0.15, 0.2) is 5.16 Å². The fourth-order valence-corrected chi connectivity index (χ4v) is 4.30. The average molecular weight is 441 g/mol. The van der Waals surface area contributed by atoms with Crippen molar-refractivity contribution < 1.29 is 9.59 Å². The summed E-state index contributed by atoms with van der Waals surface area (Å²) in [6.07, 6.45) is -0.122. The quantitative estimate of drug-likeness (QED) is 0.413. The highest BCUT2D eigenvalue weighted by molar-refractivity contribution is 7.98. The van der Waals surface area contributed by atoms with Crippen molar-refractivity contribution in [3.8, 4) is 0 Å². The maximum absolute atomic E-state index is 12.8. The number of halogens is 1. The third-order valence-electron chi connectivity index (χ3n) is 4.61. The standard InChI is InChI=1S/C21H17ClN4O3S/c22-15-9-5-4-6-12(15)11-30-21-25-18-17(20(29)26-21)14(10-16(27)24-18)19(28)23-13-7-2-1-3-8-13/h1-9,14H,10-11H2,(H,23,28)(H2,24,25,26,27,29). The summed E-state index contributed by atoms with van der Waals surface area (Å²) in [5.74, 6) is -1.11. The van der Waals surface area contributed by atoms with Crippen molar-refractivity contribution in [3.05, 3.63) is 81.1 Å². The summed E-state index contributed by atoms with van der Waals surface area (Å²) in [5.41, 5.74) is 1.19. The summed E-state index contributed by atoms with van der Waals surface area (Å²) in [4.78, 5) is 44.8. The van der Waals surface area contributed by atoms with Gasteiger partial charge in [-0.15, -0.1) is 0 Å². The van der Waals surface area contributed by atoms with Gasteiger partial charge in [-0.25, -0.2) is 4.98 Å². The van der Waals surface area contributed by atoms with Crippen molar-refractivity contribution >= 4 is 46.7 Å². The highest BCUT2D eigenvalue weighted by atomic mass is 35.5. The maximum atomic E-state index is 12.8. The number of carbonyl (C=O) groups excluding carboxylic acids is 2. The number of carbonyl (C=O) groups is 2. The van der Waals surface area contributed by atoms with E-state index in [-0.39, 0.29) is 23.7 Å². The van der Waals surface area contributed by atoms with Crippen molar-refractivity contribution in [2.45, 2.75) is 23.2 Å². The van der Waals surface area contributed by atoms with E-state index >= 15 is 0 Å². The van der Waals surface area contributed by atoms with Gasteiger partial charge in [0, 0.05) is 22.9 Å². The fourth-order valence-electron chi connectivity index (χ4n) is 3.16. The van der Waals surface area contributed by atoms with Crippen LogP contribution in [0.3, 0.4) is 0 Å². The molecule has 3 N–H and O–H groups in total. The third-order valence-corrected chi connectivity index (χ3v) is 5.90. The van der Waals surface area contributed by atoms with Gasteiger partial charge in [-0.2, -0.15) is 0 Å². The van der Waals surface area contributed by atoms with Crippen LogP contribution in [0.2, 0.25) is 5.02 Å². The molecule has 1 unspecified atom stereocenters. The minimum Gasteiger partial charge on any atom is -0.326 e. The SMILES string of the molecule is O=C1CC(C(=O)Nc2ccccc2)c2c(nc(SCc3ccccc3Cl)[nH]c2=O)N1. The molecule has 0 spiro atoms. The molecule has 1 aromatic heterocycles. The summed E-state index contributed by atoms with van der Waals surface area (Å²) in [7, 11) is 0. The molecule has 2 amide bonds. The van der Waals surface area contributed by atoms with Gasteiger partial charge < -0.3 is 15.6 Å². The first-order valence-corrected chi connectivity index (χ1v) is 10.5. The smallest absolute Gasteiger partial charge is 0.257 e. The van der Waals surface area contributed by atoms with Crippen LogP contribution in [0.4, 0.5) is 11.5 Å². The molecular weight excluding hydrogens is 424 g/mol. The Morgan fingerprint density at radius 3 is 2.63 bits per heavy atom. The van der Waals surface area contributed by atoms with Crippen LogP contribution in [-0.4, -0.2) is 21.8 Å². The highest BCUT2D eigenvalue weighted by Gasteiger charge is 2.34. The second kappa shape index (κ2) is 8.73. The molecule has 0 bridgehead atoms. The first kappa shape index (κ1) is 20.2. The molecule has 0 saturated carbocycles. The van der Waals surface area contributed by atoms with Crippen LogP contribution in [0.5, 0.6) is 0 Å². The van der Waals surface area contributed by atoms with E-state index in [4.69, 9.17) is 11.6 Å². The lowest BCUT2D eigenvalue weighted by Gasteiger charge is -2.23. The number of aromatic amines is 1. The van der Waals surface area contributed by atoms with Crippen LogP contribution >= 0.6 is 23.4 Å². The molecule has 1 atom stereocenters. The zero-order chi connectivity index (χ0) is 21.1. The van der Waals surface area contributed by atoms with Gasteiger partial charge in [0.05, 0.1) is 11.5 Å². The van der Waals surface area contributed by atoms with Crippen molar-refractivity contribution in [2.24, 2.45) is 0 Å². The van der Waals surface area contributed by atoms with E-state index in [0.29, 0.717) is 21.6 Å². The van der Waals surface area contributed by atoms with Crippen molar-refractivity contribution in [1.82, 2.24) is 9.97 Å². The van der Waals surface area contributed by atoms with Crippen LogP contribution in [0.25, 0.3) is 0 Å². The number of hydrogen-bond acceptors (Lipinski definition) is 5. The summed E-state index contributed by atoms with van der Waals surface area (Å²) in [5, 5.41) is 6.32. The molecule has 1 aliphatic heterocycles. The van der Waals surface area contributed by atoms with Gasteiger partial charge >= 0.3 is 0 Å². The molecule has 9 heteroatoms. The number of H-pyrrole nitrogens is 1. The Balaban J connectivity index is 1.59. The predicted molar refractivity (Wildman–Crippen MR) is 117 cm³/mol. The second-order valence-electron chi connectivity index (χ2n) is 6.67. The van der Waals surface area contributed by atoms with Gasteiger partial charge in [0.1, 0.15) is 5.82 Å². The minimum absolute atomic E-state index is 0.116. The minimum atomic E-state index is -0.923. The number of rotatable bonds is 5. The van der Waals surface area contributed by atoms with Crippen LogP contribution in [0, 0.1) is 0 Å². The lowest BCUT2D eigenvalue weighted by molar-refractivity contribution is -0.123. The number of nitrogens with one attached hydrogen (secondary N) is 3. The van der Waals surface area contributed by atoms with E-state index in [1.807, 2.05) is 24.3 Å². The molecule has 7 nitrogen and oxygen atoms in total. The number of benzene rings is 2. The van der Waals surface area contributed by atoms with Crippen LogP contribution in [0.1, 0.15) is 23.5 Å². The monoisotopic (exact) mass is 440 g/mol. The Bertz CT molecular complexity index is 1170. The van der Waals surface area contributed by atoms with Gasteiger partial charge in [0.2, 0.25) is 11.8 Å². The molecule has 30 heavy (non-hydrogen) atoms. The Morgan fingerprint density at radius 2 is 1.87 bits per heavy atom. The molecule has 152 valence electrons. The zero-order valence-electron chi connectivity index (χ0n) is 15.6. The van der Waals surface area contributed by atoms with E-state index in [1.54, 1.807) is 30.3 Å². The fraction of sp³-hybridized carbons (Fsp3) is 0.143. The number of para-hydroxylation sites is 1. The largest absolute Gasteiger partial charge is 0.326 e. The topological polar surface area (TPSA) is 104 Å². The van der Waals surface area contributed by atoms with Gasteiger partial charge in [0.25, 0.3) is 5.56 Å². The molecule has 0 saturated heterocycles. The second-order valence-corrected chi connectivity index (χ2v) is 8.04. The van der Waals surface area contributed by atoms with E-state index in [9.17, 15) is 14.4 Å². The van der Waals surface area contributed by atoms with E-state index in [0.717, 1.165) is 5.56 Å². The number of hydrogen-bond donors (Lipinski definition) is 3. The van der Waals surface area contributed by atoms with E-state index in [1.165, 1.54) is 11.8 Å². The lowest BCUT2D eigenvalue weighted by atomic mass is 9.92. The van der Waals surface area contributed by atoms with Crippen LogP contribution in [-0.2, 0) is 15.3 Å². The predicted octanol–water partition coefficient (Wildman–Crippen LogP) is 3.78. The molecule has 0 fully saturated rings. The first-order valence-electron chi connectivity index (χ1n) is 9.17. The Morgan fingerprint density at radius 1 is 1.13 bits per heavy atom. The normalized spacial score (nSPS) is 15.2. The van der Waals surface area contributed by atoms with E-state index < -0.39 is 17.4 Å². The number of nitrogens with zero attached hydrogens (tertiary/aromatic N) is 1. The molecule has 0 radical (unpaired) electrons. The maximum Gasteiger partial charge on any atom is 0.257 e. The molecule has 1 aliphatic rings. The molecule has 3 aromatic rings. The molecule has 4 rings (SSSR count). The Labute approximate surface area is 181 Å². The summed E-state index contributed by atoms with van der Waals surface area (Å²) in [6, 6.07) is 16.3. The Kier molecular flexibility index (Phi) is 5.87. The summed E-state index contributed by atoms with van der Waals surface area (Å²) < 4.78 is 0. The number of aromatic nitrogens is 2. The molecular formula is C21H17ClN4O3S. The van der Waals surface area contributed by atoms with Gasteiger partial charge in [-0.1, -0.05) is 59.8 Å². The van der Waals surface area contributed by atoms with Crippen LogP contribution < -0.4 is 16.2 Å². The van der Waals surface area contributed by atoms with Crippen molar-refractivity contribution in [1.29, 1.82) is 0 Å². The summed E-state index contributed by atoms with van der Waals surface area (Å²) in [6.45, 7) is 0. The van der Waals surface area contributed by atoms with E-state index in [2.05, 4.69) is 20.6 Å². The first-order chi connectivity index (χ1) is 14.5.